The Bertz CT molecular complexity index is 178. The van der Waals surface area contributed by atoms with Gasteiger partial charge in [0.2, 0.25) is 6.41 Å². The highest BCUT2D eigenvalue weighted by atomic mass is 79.9. The van der Waals surface area contributed by atoms with Crippen LogP contribution in [-0.4, -0.2) is 11.4 Å². The molecule has 0 saturated heterocycles. The average molecular weight is 203 g/mol. The lowest BCUT2D eigenvalue weighted by Crippen LogP contribution is -1.82. The first-order valence-corrected chi connectivity index (χ1v) is 3.31. The fourth-order valence-electron chi connectivity index (χ4n) is 0.342. The van der Waals surface area contributed by atoms with Crippen molar-refractivity contribution in [3.05, 3.63) is 29.0 Å². The molecule has 3 nitrogen and oxygen atoms in total. The molecule has 0 aliphatic rings. The quantitative estimate of drug-likeness (QED) is 0.638. The van der Waals surface area contributed by atoms with Crippen LogP contribution in [0, 0.1) is 0 Å². The molecule has 0 spiro atoms. The van der Waals surface area contributed by atoms with Crippen LogP contribution < -0.4 is 5.73 Å². The van der Waals surface area contributed by atoms with E-state index in [1.165, 1.54) is 0 Å². The van der Waals surface area contributed by atoms with Crippen molar-refractivity contribution < 1.29 is 4.79 Å². The topological polar surface area (TPSA) is 56.0 Å². The molecule has 1 amide bonds. The van der Waals surface area contributed by atoms with E-state index in [9.17, 15) is 0 Å². The summed E-state index contributed by atoms with van der Waals surface area (Å²) in [5.41, 5.74) is 4.17. The molecule has 0 aliphatic heterocycles. The van der Waals surface area contributed by atoms with Gasteiger partial charge in [-0.2, -0.15) is 0 Å². The SMILES string of the molecule is Brc1cccnc1.NC=O. The maximum atomic E-state index is 8.58. The number of nitrogens with zero attached hydrogens (tertiary/aromatic N) is 1. The maximum absolute atomic E-state index is 8.58. The van der Waals surface area contributed by atoms with Gasteiger partial charge in [-0.3, -0.25) is 9.78 Å². The van der Waals surface area contributed by atoms with Crippen LogP contribution >= 0.6 is 15.9 Å². The standard InChI is InChI=1S/C5H4BrN.CH3NO/c6-5-2-1-3-7-4-5;2-1-3/h1-4H;1H,(H2,2,3). The fraction of sp³-hybridized carbons (Fsp3) is 0. The van der Waals surface area contributed by atoms with Crippen LogP contribution in [-0.2, 0) is 4.79 Å². The lowest BCUT2D eigenvalue weighted by atomic mass is 10.5. The number of hydrogen-bond donors (Lipinski definition) is 1. The first kappa shape index (κ1) is 9.10. The minimum Gasteiger partial charge on any atom is -0.372 e. The highest BCUT2D eigenvalue weighted by Crippen LogP contribution is 2.02. The Morgan fingerprint density at radius 2 is 2.30 bits per heavy atom. The van der Waals surface area contributed by atoms with E-state index in [1.807, 2.05) is 12.1 Å². The molecular formula is C6H7BrN2O. The smallest absolute Gasteiger partial charge is 0.204 e. The Labute approximate surface area is 67.4 Å². The lowest BCUT2D eigenvalue weighted by molar-refractivity contribution is -0.106. The van der Waals surface area contributed by atoms with Gasteiger partial charge in [0.1, 0.15) is 0 Å². The van der Waals surface area contributed by atoms with Crippen LogP contribution in [0.5, 0.6) is 0 Å². The summed E-state index contributed by atoms with van der Waals surface area (Å²) in [4.78, 5) is 12.4. The van der Waals surface area contributed by atoms with Crippen LogP contribution in [0.3, 0.4) is 0 Å². The molecule has 0 bridgehead atoms. The van der Waals surface area contributed by atoms with Crippen LogP contribution in [0.1, 0.15) is 0 Å². The Kier molecular flexibility index (Phi) is 5.66. The molecule has 0 unspecified atom stereocenters. The van der Waals surface area contributed by atoms with Crippen molar-refractivity contribution in [2.45, 2.75) is 0 Å². The van der Waals surface area contributed by atoms with Gasteiger partial charge in [0, 0.05) is 16.9 Å². The number of carbonyl (C=O) groups is 1. The number of halogens is 1. The minimum absolute atomic E-state index is 0.250. The summed E-state index contributed by atoms with van der Waals surface area (Å²) in [5.74, 6) is 0. The Morgan fingerprint density at radius 3 is 2.50 bits per heavy atom. The number of amides is 1. The zero-order chi connectivity index (χ0) is 7.82. The predicted octanol–water partition coefficient (Wildman–Crippen LogP) is 0.946. The Hall–Kier alpha value is -0.900. The molecule has 0 saturated carbocycles. The van der Waals surface area contributed by atoms with E-state index in [1.54, 1.807) is 12.4 Å². The molecule has 0 aliphatic carbocycles. The van der Waals surface area contributed by atoms with Crippen LogP contribution in [0.15, 0.2) is 29.0 Å². The summed E-state index contributed by atoms with van der Waals surface area (Å²) in [6, 6.07) is 3.82. The summed E-state index contributed by atoms with van der Waals surface area (Å²) in [5, 5.41) is 0. The van der Waals surface area contributed by atoms with Crippen molar-refractivity contribution in [1.29, 1.82) is 0 Å². The molecule has 1 heterocycles. The lowest BCUT2D eigenvalue weighted by Gasteiger charge is -1.80. The molecule has 1 aromatic rings. The normalized spacial score (nSPS) is 7.30. The van der Waals surface area contributed by atoms with Gasteiger partial charge in [-0.15, -0.1) is 0 Å². The maximum Gasteiger partial charge on any atom is 0.204 e. The number of carbonyl (C=O) groups excluding carboxylic acids is 1. The Balaban J connectivity index is 0.000000236. The molecule has 1 aromatic heterocycles. The third kappa shape index (κ3) is 5.24. The first-order chi connectivity index (χ1) is 4.81. The second-order valence-electron chi connectivity index (χ2n) is 1.31. The molecule has 0 aromatic carbocycles. The van der Waals surface area contributed by atoms with Crippen LogP contribution in [0.2, 0.25) is 0 Å². The number of hydrogen-bond acceptors (Lipinski definition) is 2. The number of rotatable bonds is 0. The number of aromatic nitrogens is 1. The van der Waals surface area contributed by atoms with E-state index in [-0.39, 0.29) is 6.41 Å². The van der Waals surface area contributed by atoms with Gasteiger partial charge in [0.05, 0.1) is 0 Å². The predicted molar refractivity (Wildman–Crippen MR) is 42.2 cm³/mol. The third-order valence-corrected chi connectivity index (χ3v) is 1.09. The van der Waals surface area contributed by atoms with Gasteiger partial charge < -0.3 is 5.73 Å². The first-order valence-electron chi connectivity index (χ1n) is 2.52. The zero-order valence-corrected chi connectivity index (χ0v) is 6.78. The van der Waals surface area contributed by atoms with Crippen LogP contribution in [0.4, 0.5) is 0 Å². The van der Waals surface area contributed by atoms with Gasteiger partial charge in [-0.1, -0.05) is 0 Å². The number of pyridine rings is 1. The highest BCUT2D eigenvalue weighted by Gasteiger charge is 1.75. The highest BCUT2D eigenvalue weighted by molar-refractivity contribution is 9.10. The van der Waals surface area contributed by atoms with E-state index in [4.69, 9.17) is 4.79 Å². The van der Waals surface area contributed by atoms with Crippen molar-refractivity contribution in [3.63, 3.8) is 0 Å². The van der Waals surface area contributed by atoms with Crippen molar-refractivity contribution in [2.75, 3.05) is 0 Å². The summed E-state index contributed by atoms with van der Waals surface area (Å²) in [7, 11) is 0. The van der Waals surface area contributed by atoms with Gasteiger partial charge in [0.15, 0.2) is 0 Å². The van der Waals surface area contributed by atoms with Crippen LogP contribution in [0.25, 0.3) is 0 Å². The van der Waals surface area contributed by atoms with E-state index in [0.29, 0.717) is 0 Å². The van der Waals surface area contributed by atoms with Gasteiger partial charge in [-0.05, 0) is 28.1 Å². The molecule has 0 atom stereocenters. The van der Waals surface area contributed by atoms with Gasteiger partial charge >= 0.3 is 0 Å². The molecule has 2 N–H and O–H groups in total. The second-order valence-corrected chi connectivity index (χ2v) is 2.22. The minimum atomic E-state index is 0.250. The summed E-state index contributed by atoms with van der Waals surface area (Å²) in [6.07, 6.45) is 3.74. The van der Waals surface area contributed by atoms with Crippen molar-refractivity contribution in [3.8, 4) is 0 Å². The van der Waals surface area contributed by atoms with E-state index >= 15 is 0 Å². The van der Waals surface area contributed by atoms with Crippen molar-refractivity contribution >= 4 is 22.3 Å². The fourth-order valence-corrected chi connectivity index (χ4v) is 0.613. The van der Waals surface area contributed by atoms with E-state index in [2.05, 4.69) is 26.6 Å². The molecule has 4 heteroatoms. The average Bonchev–Trinajstić information content (AvgIpc) is 1.91. The zero-order valence-electron chi connectivity index (χ0n) is 5.20. The van der Waals surface area contributed by atoms with Gasteiger partial charge in [-0.25, -0.2) is 0 Å². The largest absolute Gasteiger partial charge is 0.372 e. The molecular weight excluding hydrogens is 196 g/mol. The van der Waals surface area contributed by atoms with Crippen molar-refractivity contribution in [2.24, 2.45) is 5.73 Å². The summed E-state index contributed by atoms with van der Waals surface area (Å²) in [6.45, 7) is 0. The molecule has 0 fully saturated rings. The summed E-state index contributed by atoms with van der Waals surface area (Å²) >= 11 is 3.25. The Morgan fingerprint density at radius 1 is 1.70 bits per heavy atom. The third-order valence-electron chi connectivity index (χ3n) is 0.625. The molecule has 10 heavy (non-hydrogen) atoms. The molecule has 54 valence electrons. The van der Waals surface area contributed by atoms with Crippen molar-refractivity contribution in [1.82, 2.24) is 4.98 Å². The van der Waals surface area contributed by atoms with E-state index in [0.717, 1.165) is 4.47 Å². The second kappa shape index (κ2) is 6.22. The number of primary amides is 1. The van der Waals surface area contributed by atoms with Gasteiger partial charge in [0.25, 0.3) is 0 Å². The number of nitrogens with two attached hydrogens (primary N) is 1. The molecule has 1 rings (SSSR count). The molecule has 0 radical (unpaired) electrons. The monoisotopic (exact) mass is 202 g/mol. The van der Waals surface area contributed by atoms with E-state index < -0.39 is 0 Å². The summed E-state index contributed by atoms with van der Waals surface area (Å²) < 4.78 is 1.02.